The van der Waals surface area contributed by atoms with Crippen molar-refractivity contribution in [3.8, 4) is 5.75 Å². The molecule has 0 spiro atoms. The molecule has 4 nitrogen and oxygen atoms in total. The van der Waals surface area contributed by atoms with Gasteiger partial charge in [0, 0.05) is 18.3 Å². The van der Waals surface area contributed by atoms with Gasteiger partial charge in [0.2, 0.25) is 0 Å². The highest BCUT2D eigenvalue weighted by Gasteiger charge is 2.04. The number of methoxy groups -OCH3 is 1. The minimum absolute atomic E-state index is 0.0215. The Hall–Kier alpha value is -1.26. The van der Waals surface area contributed by atoms with E-state index in [9.17, 15) is 0 Å². The molecule has 1 aromatic rings. The quantitative estimate of drug-likeness (QED) is 0.638. The largest absolute Gasteiger partial charge is 0.497 e. The molecule has 4 heteroatoms. The Morgan fingerprint density at radius 1 is 1.57 bits per heavy atom. The van der Waals surface area contributed by atoms with E-state index in [0.29, 0.717) is 6.54 Å². The van der Waals surface area contributed by atoms with Crippen LogP contribution in [0, 0.1) is 0 Å². The minimum Gasteiger partial charge on any atom is -0.497 e. The Labute approximate surface area is 83.7 Å². The monoisotopic (exact) mass is 196 g/mol. The maximum absolute atomic E-state index is 8.94. The summed E-state index contributed by atoms with van der Waals surface area (Å²) in [5.74, 6) is 0.781. The van der Waals surface area contributed by atoms with E-state index < -0.39 is 0 Å². The van der Waals surface area contributed by atoms with E-state index in [0.717, 1.165) is 11.4 Å². The fraction of sp³-hybridized carbons (Fsp3) is 0.400. The third-order valence-electron chi connectivity index (χ3n) is 1.95. The molecule has 1 unspecified atom stereocenters. The maximum atomic E-state index is 8.94. The first-order chi connectivity index (χ1) is 6.80. The highest BCUT2D eigenvalue weighted by molar-refractivity contribution is 5.48. The van der Waals surface area contributed by atoms with Gasteiger partial charge in [-0.05, 0) is 12.1 Å². The van der Waals surface area contributed by atoms with Crippen LogP contribution in [-0.2, 0) is 0 Å². The summed E-state index contributed by atoms with van der Waals surface area (Å²) in [6, 6.07) is 7.40. The summed E-state index contributed by atoms with van der Waals surface area (Å²) in [7, 11) is 1.62. The second-order valence-electron chi connectivity index (χ2n) is 2.99. The summed E-state index contributed by atoms with van der Waals surface area (Å²) in [4.78, 5) is 0. The molecule has 14 heavy (non-hydrogen) atoms. The van der Waals surface area contributed by atoms with Gasteiger partial charge in [-0.25, -0.2) is 0 Å². The molecule has 0 fully saturated rings. The lowest BCUT2D eigenvalue weighted by atomic mass is 10.2. The van der Waals surface area contributed by atoms with E-state index in [-0.39, 0.29) is 12.6 Å². The van der Waals surface area contributed by atoms with Crippen LogP contribution in [0.3, 0.4) is 0 Å². The van der Waals surface area contributed by atoms with Crippen molar-refractivity contribution < 1.29 is 9.84 Å². The summed E-state index contributed by atoms with van der Waals surface area (Å²) in [5.41, 5.74) is 6.35. The summed E-state index contributed by atoms with van der Waals surface area (Å²) in [6.07, 6.45) is 0. The van der Waals surface area contributed by atoms with Crippen molar-refractivity contribution in [3.05, 3.63) is 24.3 Å². The summed E-state index contributed by atoms with van der Waals surface area (Å²) >= 11 is 0. The van der Waals surface area contributed by atoms with Gasteiger partial charge in [0.25, 0.3) is 0 Å². The van der Waals surface area contributed by atoms with Gasteiger partial charge in [-0.3, -0.25) is 0 Å². The third kappa shape index (κ3) is 2.90. The number of nitrogens with one attached hydrogen (secondary N) is 1. The first kappa shape index (κ1) is 10.8. The van der Waals surface area contributed by atoms with Gasteiger partial charge >= 0.3 is 0 Å². The van der Waals surface area contributed by atoms with Crippen molar-refractivity contribution >= 4 is 5.69 Å². The van der Waals surface area contributed by atoms with Crippen molar-refractivity contribution in [2.24, 2.45) is 5.73 Å². The molecule has 0 aliphatic carbocycles. The van der Waals surface area contributed by atoms with Crippen LogP contribution >= 0.6 is 0 Å². The number of rotatable bonds is 5. The number of hydrogen-bond acceptors (Lipinski definition) is 4. The number of benzene rings is 1. The smallest absolute Gasteiger partial charge is 0.120 e. The van der Waals surface area contributed by atoms with Crippen LogP contribution in [0.1, 0.15) is 0 Å². The lowest BCUT2D eigenvalue weighted by molar-refractivity contribution is 0.276. The van der Waals surface area contributed by atoms with Crippen molar-refractivity contribution in [3.63, 3.8) is 0 Å². The van der Waals surface area contributed by atoms with Crippen LogP contribution in [0.4, 0.5) is 5.69 Å². The third-order valence-corrected chi connectivity index (χ3v) is 1.95. The van der Waals surface area contributed by atoms with Crippen LogP contribution in [0.15, 0.2) is 24.3 Å². The Balaban J connectivity index is 2.65. The molecule has 1 rings (SSSR count). The SMILES string of the molecule is COc1cccc(NC(CN)CO)c1. The zero-order chi connectivity index (χ0) is 10.4. The molecule has 0 saturated carbocycles. The van der Waals surface area contributed by atoms with E-state index in [1.54, 1.807) is 7.11 Å². The second kappa shape index (κ2) is 5.47. The molecule has 0 aromatic heterocycles. The normalized spacial score (nSPS) is 12.2. The van der Waals surface area contributed by atoms with Crippen molar-refractivity contribution in [2.75, 3.05) is 25.6 Å². The van der Waals surface area contributed by atoms with E-state index in [1.807, 2.05) is 24.3 Å². The highest BCUT2D eigenvalue weighted by atomic mass is 16.5. The minimum atomic E-state index is -0.109. The predicted molar refractivity (Wildman–Crippen MR) is 56.5 cm³/mol. The van der Waals surface area contributed by atoms with Gasteiger partial charge in [0.15, 0.2) is 0 Å². The van der Waals surface area contributed by atoms with Gasteiger partial charge in [-0.1, -0.05) is 6.07 Å². The number of ether oxygens (including phenoxy) is 1. The zero-order valence-electron chi connectivity index (χ0n) is 8.23. The molecule has 1 aromatic carbocycles. The molecule has 0 amide bonds. The van der Waals surface area contributed by atoms with E-state index in [2.05, 4.69) is 5.32 Å². The Morgan fingerprint density at radius 3 is 2.93 bits per heavy atom. The van der Waals surface area contributed by atoms with E-state index in [1.165, 1.54) is 0 Å². The van der Waals surface area contributed by atoms with Crippen LogP contribution in [-0.4, -0.2) is 31.4 Å². The van der Waals surface area contributed by atoms with Crippen molar-refractivity contribution in [1.29, 1.82) is 0 Å². The Bertz CT molecular complexity index is 275. The maximum Gasteiger partial charge on any atom is 0.120 e. The topological polar surface area (TPSA) is 67.5 Å². The molecular weight excluding hydrogens is 180 g/mol. The molecule has 1 atom stereocenters. The molecular formula is C10H16N2O2. The first-order valence-corrected chi connectivity index (χ1v) is 4.51. The predicted octanol–water partition coefficient (Wildman–Crippen LogP) is 0.427. The number of aliphatic hydroxyl groups is 1. The zero-order valence-corrected chi connectivity index (χ0v) is 8.23. The average molecular weight is 196 g/mol. The fourth-order valence-corrected chi connectivity index (χ4v) is 1.13. The Kier molecular flexibility index (Phi) is 4.22. The standard InChI is InChI=1S/C10H16N2O2/c1-14-10-4-2-3-8(5-10)12-9(6-11)7-13/h2-5,9,12-13H,6-7,11H2,1H3. The second-order valence-corrected chi connectivity index (χ2v) is 2.99. The highest BCUT2D eigenvalue weighted by Crippen LogP contribution is 2.17. The van der Waals surface area contributed by atoms with Crippen molar-refractivity contribution in [2.45, 2.75) is 6.04 Å². The lowest BCUT2D eigenvalue weighted by Crippen LogP contribution is -2.32. The molecule has 4 N–H and O–H groups in total. The van der Waals surface area contributed by atoms with Crippen LogP contribution < -0.4 is 15.8 Å². The van der Waals surface area contributed by atoms with Gasteiger partial charge in [0.1, 0.15) is 5.75 Å². The molecule has 0 radical (unpaired) electrons. The molecule has 0 aliphatic heterocycles. The van der Waals surface area contributed by atoms with Crippen LogP contribution in [0.2, 0.25) is 0 Å². The van der Waals surface area contributed by atoms with Gasteiger partial charge in [0.05, 0.1) is 19.8 Å². The molecule has 0 bridgehead atoms. The number of hydrogen-bond donors (Lipinski definition) is 3. The Morgan fingerprint density at radius 2 is 2.36 bits per heavy atom. The first-order valence-electron chi connectivity index (χ1n) is 4.51. The van der Waals surface area contributed by atoms with Crippen LogP contribution in [0.5, 0.6) is 5.75 Å². The fourth-order valence-electron chi connectivity index (χ4n) is 1.13. The van der Waals surface area contributed by atoms with Gasteiger partial charge < -0.3 is 20.9 Å². The van der Waals surface area contributed by atoms with E-state index in [4.69, 9.17) is 15.6 Å². The molecule has 0 heterocycles. The summed E-state index contributed by atoms with van der Waals surface area (Å²) in [5, 5.41) is 12.0. The average Bonchev–Trinajstić information content (AvgIpc) is 2.26. The summed E-state index contributed by atoms with van der Waals surface area (Å²) in [6.45, 7) is 0.418. The molecule has 0 aliphatic rings. The van der Waals surface area contributed by atoms with Gasteiger partial charge in [-0.15, -0.1) is 0 Å². The van der Waals surface area contributed by atoms with E-state index >= 15 is 0 Å². The van der Waals surface area contributed by atoms with Crippen LogP contribution in [0.25, 0.3) is 0 Å². The number of nitrogens with two attached hydrogens (primary N) is 1. The van der Waals surface area contributed by atoms with Gasteiger partial charge in [-0.2, -0.15) is 0 Å². The number of anilines is 1. The summed E-state index contributed by atoms with van der Waals surface area (Å²) < 4.78 is 5.07. The molecule has 0 saturated heterocycles. The molecule has 78 valence electrons. The van der Waals surface area contributed by atoms with Crippen molar-refractivity contribution in [1.82, 2.24) is 0 Å². The lowest BCUT2D eigenvalue weighted by Gasteiger charge is -2.15. The number of aliphatic hydroxyl groups excluding tert-OH is 1.